The number of nitrogens with one attached hydrogen (secondary N) is 1. The van der Waals surface area contributed by atoms with E-state index in [1.54, 1.807) is 0 Å². The Labute approximate surface area is 107 Å². The van der Waals surface area contributed by atoms with Crippen molar-refractivity contribution in [1.29, 1.82) is 0 Å². The summed E-state index contributed by atoms with van der Waals surface area (Å²) in [6.45, 7) is 6.13. The van der Waals surface area contributed by atoms with Crippen molar-refractivity contribution in [1.82, 2.24) is 10.2 Å². The fourth-order valence-corrected chi connectivity index (χ4v) is 3.44. The molecule has 2 unspecified atom stereocenters. The van der Waals surface area contributed by atoms with Gasteiger partial charge in [0.1, 0.15) is 0 Å². The van der Waals surface area contributed by atoms with Gasteiger partial charge in [-0.2, -0.15) is 0 Å². The van der Waals surface area contributed by atoms with E-state index in [-0.39, 0.29) is 0 Å². The molecule has 0 amide bonds. The summed E-state index contributed by atoms with van der Waals surface area (Å²) in [5.74, 6) is 1.93. The molecule has 100 valence electrons. The van der Waals surface area contributed by atoms with Gasteiger partial charge in [-0.1, -0.05) is 19.8 Å². The van der Waals surface area contributed by atoms with Crippen molar-refractivity contribution in [2.45, 2.75) is 57.9 Å². The van der Waals surface area contributed by atoms with Crippen molar-refractivity contribution in [2.24, 2.45) is 11.8 Å². The fraction of sp³-hybridized carbons (Fsp3) is 1.00. The molecule has 2 nitrogen and oxygen atoms in total. The van der Waals surface area contributed by atoms with Crippen LogP contribution in [0.25, 0.3) is 0 Å². The lowest BCUT2D eigenvalue weighted by Crippen LogP contribution is -2.40. The predicted molar refractivity (Wildman–Crippen MR) is 74.3 cm³/mol. The third-order valence-electron chi connectivity index (χ3n) is 4.66. The molecular formula is C15H30N2. The van der Waals surface area contributed by atoms with Crippen LogP contribution >= 0.6 is 0 Å². The summed E-state index contributed by atoms with van der Waals surface area (Å²) in [6, 6.07) is 0.804. The second-order valence-corrected chi connectivity index (χ2v) is 6.27. The standard InChI is InChI=1S/C15H30N2/c1-3-10-16-15-9-5-8-14(15)12-17(2)11-13-6-4-7-13/h13-16H,3-12H2,1-2H3. The van der Waals surface area contributed by atoms with Crippen LogP contribution in [-0.4, -0.2) is 37.6 Å². The van der Waals surface area contributed by atoms with Crippen molar-refractivity contribution >= 4 is 0 Å². The molecular weight excluding hydrogens is 208 g/mol. The summed E-state index contributed by atoms with van der Waals surface area (Å²) in [4.78, 5) is 2.60. The molecule has 0 aromatic heterocycles. The molecule has 2 saturated carbocycles. The maximum atomic E-state index is 3.74. The molecule has 0 aliphatic heterocycles. The number of rotatable bonds is 7. The molecule has 0 spiro atoms. The maximum absolute atomic E-state index is 3.74. The molecule has 0 radical (unpaired) electrons. The highest BCUT2D eigenvalue weighted by Gasteiger charge is 2.28. The highest BCUT2D eigenvalue weighted by atomic mass is 15.1. The molecule has 2 atom stereocenters. The maximum Gasteiger partial charge on any atom is 0.0107 e. The molecule has 0 aromatic rings. The zero-order valence-corrected chi connectivity index (χ0v) is 11.8. The van der Waals surface area contributed by atoms with Crippen molar-refractivity contribution in [3.63, 3.8) is 0 Å². The van der Waals surface area contributed by atoms with Crippen molar-refractivity contribution in [3.8, 4) is 0 Å². The first-order chi connectivity index (χ1) is 8.29. The van der Waals surface area contributed by atoms with Crippen LogP contribution in [-0.2, 0) is 0 Å². The van der Waals surface area contributed by atoms with Gasteiger partial charge in [-0.05, 0) is 57.5 Å². The summed E-state index contributed by atoms with van der Waals surface area (Å²) >= 11 is 0. The Morgan fingerprint density at radius 1 is 1.06 bits per heavy atom. The van der Waals surface area contributed by atoms with Crippen LogP contribution in [0, 0.1) is 11.8 Å². The highest BCUT2D eigenvalue weighted by molar-refractivity contribution is 4.85. The van der Waals surface area contributed by atoms with E-state index in [1.807, 2.05) is 0 Å². The summed E-state index contributed by atoms with van der Waals surface area (Å²) in [5.41, 5.74) is 0. The highest BCUT2D eigenvalue weighted by Crippen LogP contribution is 2.29. The Kier molecular flexibility index (Phi) is 5.30. The van der Waals surface area contributed by atoms with Crippen LogP contribution in [0.1, 0.15) is 51.9 Å². The van der Waals surface area contributed by atoms with Gasteiger partial charge in [0, 0.05) is 19.1 Å². The summed E-state index contributed by atoms with van der Waals surface area (Å²) in [5, 5.41) is 3.74. The van der Waals surface area contributed by atoms with Crippen LogP contribution in [0.3, 0.4) is 0 Å². The largest absolute Gasteiger partial charge is 0.314 e. The predicted octanol–water partition coefficient (Wildman–Crippen LogP) is 2.89. The first kappa shape index (κ1) is 13.4. The van der Waals surface area contributed by atoms with E-state index in [4.69, 9.17) is 0 Å². The number of hydrogen-bond acceptors (Lipinski definition) is 2. The van der Waals surface area contributed by atoms with Gasteiger partial charge in [0.15, 0.2) is 0 Å². The lowest BCUT2D eigenvalue weighted by Gasteiger charge is -2.32. The van der Waals surface area contributed by atoms with Gasteiger partial charge in [0.05, 0.1) is 0 Å². The van der Waals surface area contributed by atoms with E-state index in [1.165, 1.54) is 64.6 Å². The van der Waals surface area contributed by atoms with Gasteiger partial charge < -0.3 is 10.2 Å². The minimum Gasteiger partial charge on any atom is -0.314 e. The third-order valence-corrected chi connectivity index (χ3v) is 4.66. The third kappa shape index (κ3) is 3.96. The molecule has 2 fully saturated rings. The van der Waals surface area contributed by atoms with Gasteiger partial charge in [0.2, 0.25) is 0 Å². The molecule has 0 aromatic carbocycles. The normalized spacial score (nSPS) is 29.8. The first-order valence-corrected chi connectivity index (χ1v) is 7.71. The Bertz CT molecular complexity index is 213. The average Bonchev–Trinajstić information content (AvgIpc) is 2.68. The van der Waals surface area contributed by atoms with E-state index >= 15 is 0 Å². The number of nitrogens with zero attached hydrogens (tertiary/aromatic N) is 1. The van der Waals surface area contributed by atoms with Gasteiger partial charge >= 0.3 is 0 Å². The van der Waals surface area contributed by atoms with E-state index in [0.29, 0.717) is 0 Å². The van der Waals surface area contributed by atoms with Crippen molar-refractivity contribution < 1.29 is 0 Å². The molecule has 2 aliphatic carbocycles. The average molecular weight is 238 g/mol. The molecule has 0 bridgehead atoms. The molecule has 17 heavy (non-hydrogen) atoms. The van der Waals surface area contributed by atoms with E-state index in [2.05, 4.69) is 24.2 Å². The molecule has 2 rings (SSSR count). The monoisotopic (exact) mass is 238 g/mol. The Morgan fingerprint density at radius 3 is 2.47 bits per heavy atom. The first-order valence-electron chi connectivity index (χ1n) is 7.71. The lowest BCUT2D eigenvalue weighted by molar-refractivity contribution is 0.177. The van der Waals surface area contributed by atoms with Crippen LogP contribution in [0.15, 0.2) is 0 Å². The molecule has 0 heterocycles. The van der Waals surface area contributed by atoms with Crippen LogP contribution in [0.5, 0.6) is 0 Å². The number of hydrogen-bond donors (Lipinski definition) is 1. The van der Waals surface area contributed by atoms with Gasteiger partial charge in [-0.15, -0.1) is 0 Å². The summed E-state index contributed by atoms with van der Waals surface area (Å²) < 4.78 is 0. The molecule has 2 heteroatoms. The Morgan fingerprint density at radius 2 is 1.82 bits per heavy atom. The van der Waals surface area contributed by atoms with Gasteiger partial charge in [-0.3, -0.25) is 0 Å². The van der Waals surface area contributed by atoms with E-state index in [0.717, 1.165) is 17.9 Å². The molecule has 2 aliphatic rings. The lowest BCUT2D eigenvalue weighted by atomic mass is 9.85. The Balaban J connectivity index is 1.68. The second kappa shape index (κ2) is 6.75. The second-order valence-electron chi connectivity index (χ2n) is 6.27. The smallest absolute Gasteiger partial charge is 0.0107 e. The Hall–Kier alpha value is -0.0800. The minimum absolute atomic E-state index is 0.804. The van der Waals surface area contributed by atoms with Crippen molar-refractivity contribution in [2.75, 3.05) is 26.7 Å². The summed E-state index contributed by atoms with van der Waals surface area (Å²) in [7, 11) is 2.33. The zero-order valence-electron chi connectivity index (χ0n) is 11.8. The van der Waals surface area contributed by atoms with Gasteiger partial charge in [0.25, 0.3) is 0 Å². The quantitative estimate of drug-likeness (QED) is 0.733. The molecule has 0 saturated heterocycles. The minimum atomic E-state index is 0.804. The fourth-order valence-electron chi connectivity index (χ4n) is 3.44. The van der Waals surface area contributed by atoms with Crippen molar-refractivity contribution in [3.05, 3.63) is 0 Å². The van der Waals surface area contributed by atoms with E-state index < -0.39 is 0 Å². The SMILES string of the molecule is CCCNC1CCCC1CN(C)CC1CCC1. The zero-order chi connectivity index (χ0) is 12.1. The topological polar surface area (TPSA) is 15.3 Å². The van der Waals surface area contributed by atoms with E-state index in [9.17, 15) is 0 Å². The van der Waals surface area contributed by atoms with Crippen LogP contribution in [0.4, 0.5) is 0 Å². The molecule has 1 N–H and O–H groups in total. The summed E-state index contributed by atoms with van der Waals surface area (Å²) in [6.07, 6.45) is 9.98. The van der Waals surface area contributed by atoms with Crippen LogP contribution in [0.2, 0.25) is 0 Å². The van der Waals surface area contributed by atoms with Crippen LogP contribution < -0.4 is 5.32 Å². The van der Waals surface area contributed by atoms with Gasteiger partial charge in [-0.25, -0.2) is 0 Å².